The van der Waals surface area contributed by atoms with Crippen molar-refractivity contribution in [3.05, 3.63) is 69.6 Å². The molecule has 29 heavy (non-hydrogen) atoms. The molecule has 3 rings (SSSR count). The van der Waals surface area contributed by atoms with Crippen LogP contribution in [0.5, 0.6) is 0 Å². The Labute approximate surface area is 172 Å². The average Bonchev–Trinajstić information content (AvgIpc) is 2.89. The first-order chi connectivity index (χ1) is 13.6. The predicted octanol–water partition coefficient (Wildman–Crippen LogP) is 5.03. The van der Waals surface area contributed by atoms with E-state index in [1.807, 2.05) is 0 Å². The fourth-order valence-corrected chi connectivity index (χ4v) is 3.53. The highest BCUT2D eigenvalue weighted by Crippen LogP contribution is 2.34. The fourth-order valence-electron chi connectivity index (χ4n) is 2.50. The van der Waals surface area contributed by atoms with Gasteiger partial charge in [-0.05, 0) is 53.7 Å². The van der Waals surface area contributed by atoms with E-state index in [4.69, 9.17) is 11.6 Å². The summed E-state index contributed by atoms with van der Waals surface area (Å²) in [6.07, 6.45) is -3.34. The molecule has 0 spiro atoms. The zero-order chi connectivity index (χ0) is 21.2. The Morgan fingerprint density at radius 1 is 1.14 bits per heavy atom. The van der Waals surface area contributed by atoms with E-state index in [0.717, 1.165) is 17.0 Å². The summed E-state index contributed by atoms with van der Waals surface area (Å²) >= 11 is 6.39. The standard InChI is InChI=1S/C19H12ClF3N2O3S/c20-13-5-2-6-14(9-13)24-16(26)10-25-17(27)15(29-18(25)28)8-11-3-1-4-12(7-11)19(21,22)23/h1-9H,10H2,(H,24,26)/b15-8+. The van der Waals surface area contributed by atoms with Crippen LogP contribution in [0.1, 0.15) is 11.1 Å². The number of hydrogen-bond donors (Lipinski definition) is 1. The van der Waals surface area contributed by atoms with E-state index in [1.54, 1.807) is 18.2 Å². The number of rotatable bonds is 4. The third kappa shape index (κ3) is 5.18. The molecule has 0 aromatic heterocycles. The molecule has 1 heterocycles. The van der Waals surface area contributed by atoms with Gasteiger partial charge in [-0.15, -0.1) is 0 Å². The molecule has 0 aliphatic carbocycles. The molecule has 3 amide bonds. The Morgan fingerprint density at radius 3 is 2.55 bits per heavy atom. The number of alkyl halides is 3. The van der Waals surface area contributed by atoms with Crippen molar-refractivity contribution in [2.75, 3.05) is 11.9 Å². The number of carbonyl (C=O) groups excluding carboxylic acids is 3. The molecule has 1 aliphatic heterocycles. The number of thioether (sulfide) groups is 1. The molecule has 0 atom stereocenters. The molecule has 5 nitrogen and oxygen atoms in total. The number of halogens is 4. The summed E-state index contributed by atoms with van der Waals surface area (Å²) in [5.41, 5.74) is -0.353. The number of carbonyl (C=O) groups is 3. The molecule has 1 N–H and O–H groups in total. The molecule has 150 valence electrons. The van der Waals surface area contributed by atoms with Crippen LogP contribution in [0, 0.1) is 0 Å². The van der Waals surface area contributed by atoms with Gasteiger partial charge in [-0.2, -0.15) is 13.2 Å². The number of imide groups is 1. The van der Waals surface area contributed by atoms with Crippen molar-refractivity contribution in [2.45, 2.75) is 6.18 Å². The van der Waals surface area contributed by atoms with Crippen molar-refractivity contribution in [1.82, 2.24) is 4.90 Å². The van der Waals surface area contributed by atoms with Crippen LogP contribution in [0.4, 0.5) is 23.7 Å². The molecular weight excluding hydrogens is 429 g/mol. The Kier molecular flexibility index (Phi) is 5.99. The monoisotopic (exact) mass is 440 g/mol. The van der Waals surface area contributed by atoms with Gasteiger partial charge >= 0.3 is 6.18 Å². The van der Waals surface area contributed by atoms with Gasteiger partial charge in [0.05, 0.1) is 10.5 Å². The van der Waals surface area contributed by atoms with E-state index < -0.39 is 35.3 Å². The van der Waals surface area contributed by atoms with Crippen LogP contribution in [-0.2, 0) is 15.8 Å². The molecule has 0 saturated carbocycles. The summed E-state index contributed by atoms with van der Waals surface area (Å²) in [6, 6.07) is 10.7. The maximum atomic E-state index is 12.8. The number of nitrogens with one attached hydrogen (secondary N) is 1. The van der Waals surface area contributed by atoms with Gasteiger partial charge in [0.1, 0.15) is 6.54 Å². The van der Waals surface area contributed by atoms with Crippen LogP contribution >= 0.6 is 23.4 Å². The molecule has 0 unspecified atom stereocenters. The number of anilines is 1. The molecule has 0 bridgehead atoms. The largest absolute Gasteiger partial charge is 0.416 e. The van der Waals surface area contributed by atoms with Crippen LogP contribution in [0.25, 0.3) is 6.08 Å². The second-order valence-electron chi connectivity index (χ2n) is 5.95. The predicted molar refractivity (Wildman–Crippen MR) is 104 cm³/mol. The molecule has 1 fully saturated rings. The fraction of sp³-hybridized carbons (Fsp3) is 0.105. The van der Waals surface area contributed by atoms with Crippen LogP contribution in [0.2, 0.25) is 5.02 Å². The van der Waals surface area contributed by atoms with Gasteiger partial charge in [0.15, 0.2) is 0 Å². The van der Waals surface area contributed by atoms with Crippen LogP contribution in [-0.4, -0.2) is 28.5 Å². The van der Waals surface area contributed by atoms with Gasteiger partial charge in [0.25, 0.3) is 11.1 Å². The smallest absolute Gasteiger partial charge is 0.324 e. The molecular formula is C19H12ClF3N2O3S. The SMILES string of the molecule is O=C(CN1C(=O)S/C(=C/c2cccc(C(F)(F)F)c2)C1=O)Nc1cccc(Cl)c1. The first kappa shape index (κ1) is 20.9. The maximum Gasteiger partial charge on any atom is 0.416 e. The molecule has 1 aliphatic rings. The summed E-state index contributed by atoms with van der Waals surface area (Å²) in [4.78, 5) is 37.3. The Balaban J connectivity index is 1.72. The van der Waals surface area contributed by atoms with Gasteiger partial charge in [0.2, 0.25) is 5.91 Å². The number of hydrogen-bond acceptors (Lipinski definition) is 4. The minimum atomic E-state index is -4.53. The molecule has 1 saturated heterocycles. The van der Waals surface area contributed by atoms with Crippen LogP contribution in [0.3, 0.4) is 0 Å². The first-order valence-corrected chi connectivity index (χ1v) is 9.31. The lowest BCUT2D eigenvalue weighted by Crippen LogP contribution is -2.36. The molecule has 2 aromatic rings. The highest BCUT2D eigenvalue weighted by atomic mass is 35.5. The van der Waals surface area contributed by atoms with E-state index in [0.29, 0.717) is 22.5 Å². The van der Waals surface area contributed by atoms with E-state index in [2.05, 4.69) is 5.32 Å². The van der Waals surface area contributed by atoms with E-state index >= 15 is 0 Å². The van der Waals surface area contributed by atoms with Crippen molar-refractivity contribution in [1.29, 1.82) is 0 Å². The van der Waals surface area contributed by atoms with Crippen molar-refractivity contribution in [3.8, 4) is 0 Å². The van der Waals surface area contributed by atoms with E-state index in [1.165, 1.54) is 24.3 Å². The van der Waals surface area contributed by atoms with Crippen molar-refractivity contribution in [3.63, 3.8) is 0 Å². The summed E-state index contributed by atoms with van der Waals surface area (Å²) in [5.74, 6) is -1.37. The first-order valence-electron chi connectivity index (χ1n) is 8.11. The highest BCUT2D eigenvalue weighted by molar-refractivity contribution is 8.18. The van der Waals surface area contributed by atoms with Gasteiger partial charge in [0, 0.05) is 10.7 Å². The third-order valence-electron chi connectivity index (χ3n) is 3.80. The van der Waals surface area contributed by atoms with Gasteiger partial charge in [-0.25, -0.2) is 0 Å². The zero-order valence-corrected chi connectivity index (χ0v) is 16.1. The zero-order valence-electron chi connectivity index (χ0n) is 14.5. The minimum absolute atomic E-state index is 0.0649. The highest BCUT2D eigenvalue weighted by Gasteiger charge is 2.36. The normalized spacial score (nSPS) is 15.9. The van der Waals surface area contributed by atoms with E-state index in [-0.39, 0.29) is 10.5 Å². The third-order valence-corrected chi connectivity index (χ3v) is 4.94. The quantitative estimate of drug-likeness (QED) is 0.677. The Bertz CT molecular complexity index is 1020. The summed E-state index contributed by atoms with van der Waals surface area (Å²) in [7, 11) is 0. The van der Waals surface area contributed by atoms with Crippen molar-refractivity contribution >= 4 is 52.2 Å². The number of benzene rings is 2. The lowest BCUT2D eigenvalue weighted by molar-refractivity contribution is -0.137. The van der Waals surface area contributed by atoms with Crippen molar-refractivity contribution in [2.24, 2.45) is 0 Å². The van der Waals surface area contributed by atoms with E-state index in [9.17, 15) is 27.6 Å². The lowest BCUT2D eigenvalue weighted by Gasteiger charge is -2.12. The van der Waals surface area contributed by atoms with Gasteiger partial charge in [-0.1, -0.05) is 29.8 Å². The van der Waals surface area contributed by atoms with Gasteiger partial charge < -0.3 is 5.32 Å². The van der Waals surface area contributed by atoms with Crippen LogP contribution < -0.4 is 5.32 Å². The van der Waals surface area contributed by atoms with Crippen molar-refractivity contribution < 1.29 is 27.6 Å². The molecule has 0 radical (unpaired) electrons. The number of amides is 3. The molecule has 2 aromatic carbocycles. The summed E-state index contributed by atoms with van der Waals surface area (Å²) < 4.78 is 38.5. The minimum Gasteiger partial charge on any atom is -0.324 e. The maximum absolute atomic E-state index is 12.8. The second kappa shape index (κ2) is 8.30. The van der Waals surface area contributed by atoms with Gasteiger partial charge in [-0.3, -0.25) is 19.3 Å². The lowest BCUT2D eigenvalue weighted by atomic mass is 10.1. The van der Waals surface area contributed by atoms with Crippen LogP contribution in [0.15, 0.2) is 53.4 Å². The Hall–Kier alpha value is -2.78. The topological polar surface area (TPSA) is 66.5 Å². The summed E-state index contributed by atoms with van der Waals surface area (Å²) in [6.45, 7) is -0.531. The summed E-state index contributed by atoms with van der Waals surface area (Å²) in [5, 5.41) is 2.23. The molecule has 10 heteroatoms. The average molecular weight is 441 g/mol. The number of nitrogens with zero attached hydrogens (tertiary/aromatic N) is 1. The Morgan fingerprint density at radius 2 is 1.86 bits per heavy atom. The second-order valence-corrected chi connectivity index (χ2v) is 7.38.